The van der Waals surface area contributed by atoms with E-state index in [1.54, 1.807) is 0 Å². The Morgan fingerprint density at radius 2 is 1.76 bits per heavy atom. The highest BCUT2D eigenvalue weighted by Crippen LogP contribution is 2.16. The molecule has 1 heteroatoms. The minimum atomic E-state index is 0.460. The number of benzene rings is 1. The van der Waals surface area contributed by atoms with E-state index in [9.17, 15) is 0 Å². The smallest absolute Gasteiger partial charge is 0.0291 e. The lowest BCUT2D eigenvalue weighted by Gasteiger charge is -2.16. The Morgan fingerprint density at radius 3 is 2.35 bits per heavy atom. The molecular weight excluding hydrogens is 206 g/mol. The molecule has 1 N–H and O–H groups in total. The van der Waals surface area contributed by atoms with Crippen LogP contribution in [0.25, 0.3) is 0 Å². The zero-order valence-corrected chi connectivity index (χ0v) is 12.0. The molecule has 1 unspecified atom stereocenters. The zero-order chi connectivity index (χ0) is 12.8. The van der Waals surface area contributed by atoms with Crippen molar-refractivity contribution in [3.8, 4) is 0 Å². The SMILES string of the molecule is Cc1ccc(C(C)NCCCC(C)C)cc1C. The molecule has 0 spiro atoms. The maximum absolute atomic E-state index is 3.60. The molecule has 0 heterocycles. The van der Waals surface area contributed by atoms with Crippen LogP contribution in [0.15, 0.2) is 18.2 Å². The van der Waals surface area contributed by atoms with Crippen LogP contribution >= 0.6 is 0 Å². The largest absolute Gasteiger partial charge is 0.310 e. The lowest BCUT2D eigenvalue weighted by Crippen LogP contribution is -2.20. The van der Waals surface area contributed by atoms with Crippen LogP contribution in [0, 0.1) is 19.8 Å². The van der Waals surface area contributed by atoms with Gasteiger partial charge in [-0.2, -0.15) is 0 Å². The molecule has 1 rings (SSSR count). The average molecular weight is 233 g/mol. The van der Waals surface area contributed by atoms with Gasteiger partial charge in [0.1, 0.15) is 0 Å². The van der Waals surface area contributed by atoms with E-state index in [-0.39, 0.29) is 0 Å². The van der Waals surface area contributed by atoms with Gasteiger partial charge in [-0.05, 0) is 62.8 Å². The first-order chi connectivity index (χ1) is 8.00. The second kappa shape index (κ2) is 6.80. The predicted molar refractivity (Wildman–Crippen MR) is 76.4 cm³/mol. The van der Waals surface area contributed by atoms with Gasteiger partial charge in [0, 0.05) is 6.04 Å². The number of aryl methyl sites for hydroxylation is 2. The minimum absolute atomic E-state index is 0.460. The summed E-state index contributed by atoms with van der Waals surface area (Å²) in [5.74, 6) is 0.814. The summed E-state index contributed by atoms with van der Waals surface area (Å²) in [4.78, 5) is 0. The van der Waals surface area contributed by atoms with Crippen LogP contribution in [0.5, 0.6) is 0 Å². The fourth-order valence-corrected chi connectivity index (χ4v) is 1.98. The Labute approximate surface area is 107 Å². The number of rotatable bonds is 6. The lowest BCUT2D eigenvalue weighted by atomic mass is 10.0. The van der Waals surface area contributed by atoms with Crippen molar-refractivity contribution in [1.29, 1.82) is 0 Å². The van der Waals surface area contributed by atoms with E-state index in [0.29, 0.717) is 6.04 Å². The van der Waals surface area contributed by atoms with E-state index in [0.717, 1.165) is 12.5 Å². The molecule has 0 fully saturated rings. The van der Waals surface area contributed by atoms with Gasteiger partial charge in [0.25, 0.3) is 0 Å². The van der Waals surface area contributed by atoms with Crippen molar-refractivity contribution in [2.45, 2.75) is 53.5 Å². The van der Waals surface area contributed by atoms with E-state index in [1.165, 1.54) is 29.5 Å². The van der Waals surface area contributed by atoms with Crippen LogP contribution in [0.2, 0.25) is 0 Å². The summed E-state index contributed by atoms with van der Waals surface area (Å²) in [6, 6.07) is 7.22. The van der Waals surface area contributed by atoms with E-state index in [2.05, 4.69) is 58.1 Å². The fourth-order valence-electron chi connectivity index (χ4n) is 1.98. The van der Waals surface area contributed by atoms with Crippen molar-refractivity contribution in [3.05, 3.63) is 34.9 Å². The molecule has 0 aliphatic rings. The summed E-state index contributed by atoms with van der Waals surface area (Å²) in [7, 11) is 0. The fraction of sp³-hybridized carbons (Fsp3) is 0.625. The molecule has 0 amide bonds. The predicted octanol–water partition coefficient (Wildman–Crippen LogP) is 4.39. The van der Waals surface area contributed by atoms with Gasteiger partial charge in [0.2, 0.25) is 0 Å². The van der Waals surface area contributed by atoms with Crippen molar-refractivity contribution in [1.82, 2.24) is 5.32 Å². The Balaban J connectivity index is 2.41. The molecule has 1 atom stereocenters. The molecule has 0 aliphatic carbocycles. The summed E-state index contributed by atoms with van der Waals surface area (Å²) in [6.07, 6.45) is 2.58. The van der Waals surface area contributed by atoms with Crippen molar-refractivity contribution in [3.63, 3.8) is 0 Å². The van der Waals surface area contributed by atoms with Crippen LogP contribution in [-0.2, 0) is 0 Å². The lowest BCUT2D eigenvalue weighted by molar-refractivity contribution is 0.497. The van der Waals surface area contributed by atoms with E-state index in [4.69, 9.17) is 0 Å². The maximum Gasteiger partial charge on any atom is 0.0291 e. The van der Waals surface area contributed by atoms with Crippen LogP contribution in [0.4, 0.5) is 0 Å². The molecule has 1 aromatic rings. The Kier molecular flexibility index (Phi) is 5.70. The van der Waals surface area contributed by atoms with Gasteiger partial charge in [-0.1, -0.05) is 32.0 Å². The third-order valence-corrected chi connectivity index (χ3v) is 3.44. The molecule has 1 nitrogen and oxygen atoms in total. The molecule has 0 bridgehead atoms. The summed E-state index contributed by atoms with van der Waals surface area (Å²) >= 11 is 0. The molecule has 0 radical (unpaired) electrons. The highest BCUT2D eigenvalue weighted by atomic mass is 14.9. The molecule has 0 aromatic heterocycles. The van der Waals surface area contributed by atoms with Gasteiger partial charge in [0.15, 0.2) is 0 Å². The van der Waals surface area contributed by atoms with Gasteiger partial charge in [-0.3, -0.25) is 0 Å². The molecule has 96 valence electrons. The summed E-state index contributed by atoms with van der Waals surface area (Å²) in [5, 5.41) is 3.60. The maximum atomic E-state index is 3.60. The molecular formula is C16H27N. The molecule has 17 heavy (non-hydrogen) atoms. The van der Waals surface area contributed by atoms with E-state index in [1.807, 2.05) is 0 Å². The summed E-state index contributed by atoms with van der Waals surface area (Å²) in [5.41, 5.74) is 4.16. The highest BCUT2D eigenvalue weighted by Gasteiger charge is 2.05. The third-order valence-electron chi connectivity index (χ3n) is 3.44. The average Bonchev–Trinajstić information content (AvgIpc) is 2.27. The molecule has 0 saturated heterocycles. The standard InChI is InChI=1S/C16H27N/c1-12(2)7-6-10-17-15(5)16-9-8-13(3)14(4)11-16/h8-9,11-12,15,17H,6-7,10H2,1-5H3. The molecule has 0 aliphatic heterocycles. The number of hydrogen-bond donors (Lipinski definition) is 1. The first-order valence-corrected chi connectivity index (χ1v) is 6.81. The van der Waals surface area contributed by atoms with Crippen LogP contribution < -0.4 is 5.32 Å². The van der Waals surface area contributed by atoms with Crippen LogP contribution in [0.1, 0.15) is 56.3 Å². The van der Waals surface area contributed by atoms with E-state index < -0.39 is 0 Å². The second-order valence-corrected chi connectivity index (χ2v) is 5.56. The topological polar surface area (TPSA) is 12.0 Å². The first-order valence-electron chi connectivity index (χ1n) is 6.81. The minimum Gasteiger partial charge on any atom is -0.310 e. The third kappa shape index (κ3) is 4.91. The molecule has 1 aromatic carbocycles. The number of nitrogens with one attached hydrogen (secondary N) is 1. The Hall–Kier alpha value is -0.820. The van der Waals surface area contributed by atoms with Crippen molar-refractivity contribution < 1.29 is 0 Å². The zero-order valence-electron chi connectivity index (χ0n) is 12.0. The Bertz CT molecular complexity index is 341. The van der Waals surface area contributed by atoms with Gasteiger partial charge < -0.3 is 5.32 Å². The van der Waals surface area contributed by atoms with Crippen molar-refractivity contribution in [2.75, 3.05) is 6.54 Å². The van der Waals surface area contributed by atoms with Gasteiger partial charge in [-0.25, -0.2) is 0 Å². The number of hydrogen-bond acceptors (Lipinski definition) is 1. The quantitative estimate of drug-likeness (QED) is 0.719. The van der Waals surface area contributed by atoms with Gasteiger partial charge >= 0.3 is 0 Å². The monoisotopic (exact) mass is 233 g/mol. The normalized spacial score (nSPS) is 13.1. The second-order valence-electron chi connectivity index (χ2n) is 5.56. The van der Waals surface area contributed by atoms with Crippen molar-refractivity contribution >= 4 is 0 Å². The van der Waals surface area contributed by atoms with Gasteiger partial charge in [-0.15, -0.1) is 0 Å². The Morgan fingerprint density at radius 1 is 1.06 bits per heavy atom. The van der Waals surface area contributed by atoms with Crippen molar-refractivity contribution in [2.24, 2.45) is 5.92 Å². The van der Waals surface area contributed by atoms with Crippen LogP contribution in [0.3, 0.4) is 0 Å². The van der Waals surface area contributed by atoms with E-state index >= 15 is 0 Å². The summed E-state index contributed by atoms with van der Waals surface area (Å²) in [6.45, 7) is 12.3. The first kappa shape index (κ1) is 14.2. The highest BCUT2D eigenvalue weighted by molar-refractivity contribution is 5.31. The summed E-state index contributed by atoms with van der Waals surface area (Å²) < 4.78 is 0. The van der Waals surface area contributed by atoms with Crippen LogP contribution in [-0.4, -0.2) is 6.54 Å². The molecule has 0 saturated carbocycles. The van der Waals surface area contributed by atoms with Gasteiger partial charge in [0.05, 0.1) is 0 Å².